The molecule has 0 nitrogen and oxygen atoms in total. The normalized spacial score (nSPS) is 11.6. The van der Waals surface area contributed by atoms with Gasteiger partial charge in [0, 0.05) is 10.3 Å². The largest absolute Gasteiger partial charge is 0.137 e. The topological polar surface area (TPSA) is 0 Å². The smallest absolute Gasteiger partial charge is 0.0946 e. The first-order valence-electron chi connectivity index (χ1n) is 9.34. The van der Waals surface area contributed by atoms with Crippen LogP contribution in [0.1, 0.15) is 0 Å². The summed E-state index contributed by atoms with van der Waals surface area (Å²) in [7, 11) is -1.89. The molecule has 0 fully saturated rings. The van der Waals surface area contributed by atoms with E-state index in [1.165, 1.54) is 20.8 Å². The highest BCUT2D eigenvalue weighted by Gasteiger charge is 2.43. The zero-order valence-corrected chi connectivity index (χ0v) is 17.3. The van der Waals surface area contributed by atoms with Gasteiger partial charge in [0.1, 0.15) is 23.2 Å². The van der Waals surface area contributed by atoms with Gasteiger partial charge in [0.2, 0.25) is 0 Å². The second kappa shape index (κ2) is 9.06. The van der Waals surface area contributed by atoms with Crippen LogP contribution in [0, 0.1) is 0 Å². The van der Waals surface area contributed by atoms with E-state index in [0.29, 0.717) is 0 Å². The van der Waals surface area contributed by atoms with Crippen molar-refractivity contribution in [3.05, 3.63) is 133 Å². The molecule has 2 heteroatoms. The number of hydrogen-bond acceptors (Lipinski definition) is 1. The fraction of sp³-hybridized carbons (Fsp3) is 0. The van der Waals surface area contributed by atoms with E-state index in [2.05, 4.69) is 133 Å². The zero-order chi connectivity index (χ0) is 19.1. The van der Waals surface area contributed by atoms with E-state index in [1.54, 1.807) is 11.8 Å². The van der Waals surface area contributed by atoms with E-state index < -0.39 is 7.26 Å². The summed E-state index contributed by atoms with van der Waals surface area (Å²) >= 11 is 1.78. The van der Waals surface area contributed by atoms with Crippen LogP contribution in [0.4, 0.5) is 0 Å². The van der Waals surface area contributed by atoms with Crippen LogP contribution in [0.5, 0.6) is 0 Å². The molecule has 0 radical (unpaired) electrons. The highest BCUT2D eigenvalue weighted by molar-refractivity contribution is 8.04. The number of hydrogen-bond donors (Lipinski definition) is 0. The third-order valence-electron chi connectivity index (χ3n) is 4.72. The highest BCUT2D eigenvalue weighted by atomic mass is 32.2. The minimum Gasteiger partial charge on any atom is -0.0946 e. The predicted molar refractivity (Wildman–Crippen MR) is 127 cm³/mol. The van der Waals surface area contributed by atoms with Crippen molar-refractivity contribution >= 4 is 34.9 Å². The van der Waals surface area contributed by atoms with Gasteiger partial charge in [0.05, 0.1) is 5.82 Å². The van der Waals surface area contributed by atoms with Gasteiger partial charge in [-0.15, -0.1) is 0 Å². The van der Waals surface area contributed by atoms with Crippen LogP contribution < -0.4 is 15.9 Å². The quantitative estimate of drug-likeness (QED) is 0.274. The molecule has 0 spiro atoms. The molecule has 0 aromatic heterocycles. The van der Waals surface area contributed by atoms with Gasteiger partial charge in [-0.1, -0.05) is 84.6 Å². The third kappa shape index (κ3) is 3.97. The molecule has 4 aromatic carbocycles. The average Bonchev–Trinajstić information content (AvgIpc) is 2.79. The minimum absolute atomic E-state index is 1.26. The van der Waals surface area contributed by atoms with Gasteiger partial charge in [-0.05, 0) is 48.5 Å². The second-order valence-corrected chi connectivity index (χ2v) is 10.7. The lowest BCUT2D eigenvalue weighted by Gasteiger charge is -2.24. The Bertz CT molecular complexity index is 916. The van der Waals surface area contributed by atoms with Crippen LogP contribution in [-0.2, 0) is 0 Å². The maximum Gasteiger partial charge on any atom is 0.137 e. The highest BCUT2D eigenvalue weighted by Crippen LogP contribution is 2.57. The van der Waals surface area contributed by atoms with Gasteiger partial charge in [-0.25, -0.2) is 0 Å². The summed E-state index contributed by atoms with van der Waals surface area (Å²) in [5.74, 6) is 2.45. The van der Waals surface area contributed by atoms with Crippen LogP contribution >= 0.6 is 19.0 Å². The Morgan fingerprint density at radius 2 is 0.821 bits per heavy atom. The maximum absolute atomic E-state index is 2.45. The first-order chi connectivity index (χ1) is 13.9. The number of thioether (sulfide) groups is 1. The lowest BCUT2D eigenvalue weighted by molar-refractivity contribution is 1.47. The summed E-state index contributed by atoms with van der Waals surface area (Å²) in [6.45, 7) is 0. The first kappa shape index (κ1) is 18.7. The van der Waals surface area contributed by atoms with Crippen molar-refractivity contribution in [2.24, 2.45) is 0 Å². The van der Waals surface area contributed by atoms with Crippen LogP contribution in [0.25, 0.3) is 0 Å². The van der Waals surface area contributed by atoms with Crippen molar-refractivity contribution in [3.63, 3.8) is 0 Å². The molecule has 4 aromatic rings. The van der Waals surface area contributed by atoms with Gasteiger partial charge in [0.15, 0.2) is 0 Å². The number of benzene rings is 4. The summed E-state index contributed by atoms with van der Waals surface area (Å²) in [5.41, 5.74) is 0. The first-order valence-corrected chi connectivity index (χ1v) is 12.1. The third-order valence-corrected chi connectivity index (χ3v) is 9.67. The maximum atomic E-state index is 2.45. The molecule has 0 saturated heterocycles. The Balaban J connectivity index is 1.88. The Morgan fingerprint density at radius 1 is 0.464 bits per heavy atom. The Hall–Kier alpha value is -2.60. The molecule has 0 atom stereocenters. The Morgan fingerprint density at radius 3 is 1.21 bits per heavy atom. The standard InChI is InChI=1S/C26H22PS/c1-5-13-23(14-6-1)27(24-15-7-2-8-16-24,25-17-9-3-10-18-25)21-22-28-26-19-11-4-12-20-26/h1-22H/q+1/b22-21+. The van der Waals surface area contributed by atoms with E-state index in [1.807, 2.05) is 0 Å². The van der Waals surface area contributed by atoms with Gasteiger partial charge in [-0.3, -0.25) is 0 Å². The molecule has 0 saturated carbocycles. The Kier molecular flexibility index (Phi) is 6.07. The van der Waals surface area contributed by atoms with E-state index >= 15 is 0 Å². The fourth-order valence-electron chi connectivity index (χ4n) is 3.39. The van der Waals surface area contributed by atoms with Crippen LogP contribution in [-0.4, -0.2) is 0 Å². The number of rotatable bonds is 6. The zero-order valence-electron chi connectivity index (χ0n) is 15.6. The fourth-order valence-corrected chi connectivity index (χ4v) is 8.18. The van der Waals surface area contributed by atoms with Crippen molar-refractivity contribution in [3.8, 4) is 0 Å². The molecule has 0 aliphatic heterocycles. The van der Waals surface area contributed by atoms with E-state index in [9.17, 15) is 0 Å². The molecular weight excluding hydrogens is 375 g/mol. The van der Waals surface area contributed by atoms with Gasteiger partial charge in [-0.2, -0.15) is 0 Å². The molecule has 28 heavy (non-hydrogen) atoms. The molecule has 136 valence electrons. The van der Waals surface area contributed by atoms with Gasteiger partial charge < -0.3 is 0 Å². The lowest BCUT2D eigenvalue weighted by atomic mass is 10.4. The van der Waals surface area contributed by atoms with Crippen LogP contribution in [0.15, 0.2) is 137 Å². The SMILES string of the molecule is C(=C\[P+](c1ccccc1)(c1ccccc1)c1ccccc1)/Sc1ccccc1. The molecule has 0 aliphatic rings. The van der Waals surface area contributed by atoms with E-state index in [4.69, 9.17) is 0 Å². The average molecular weight is 398 g/mol. The lowest BCUT2D eigenvalue weighted by Crippen LogP contribution is -2.29. The molecule has 0 amide bonds. The monoisotopic (exact) mass is 397 g/mol. The molecule has 0 unspecified atom stereocenters. The predicted octanol–water partition coefficient (Wildman–Crippen LogP) is 6.24. The molecule has 0 bridgehead atoms. The van der Waals surface area contributed by atoms with Crippen molar-refractivity contribution in [1.82, 2.24) is 0 Å². The summed E-state index contributed by atoms with van der Waals surface area (Å²) < 4.78 is 0. The van der Waals surface area contributed by atoms with Gasteiger partial charge >= 0.3 is 0 Å². The molecule has 0 N–H and O–H groups in total. The van der Waals surface area contributed by atoms with Crippen molar-refractivity contribution in [1.29, 1.82) is 0 Å². The van der Waals surface area contributed by atoms with Crippen LogP contribution in [0.2, 0.25) is 0 Å². The molecule has 4 rings (SSSR count). The van der Waals surface area contributed by atoms with Crippen molar-refractivity contribution < 1.29 is 0 Å². The van der Waals surface area contributed by atoms with Crippen molar-refractivity contribution in [2.45, 2.75) is 4.90 Å². The summed E-state index contributed by atoms with van der Waals surface area (Å²) in [4.78, 5) is 1.26. The van der Waals surface area contributed by atoms with Crippen molar-refractivity contribution in [2.75, 3.05) is 0 Å². The second-order valence-electron chi connectivity index (χ2n) is 6.45. The summed E-state index contributed by atoms with van der Waals surface area (Å²) in [6.07, 6.45) is 0. The summed E-state index contributed by atoms with van der Waals surface area (Å²) in [5, 5.41) is 6.39. The van der Waals surface area contributed by atoms with E-state index in [-0.39, 0.29) is 0 Å². The summed E-state index contributed by atoms with van der Waals surface area (Å²) in [6, 6.07) is 43.3. The Labute approximate surface area is 172 Å². The molecular formula is C26H22PS+. The van der Waals surface area contributed by atoms with Gasteiger partial charge in [0.25, 0.3) is 0 Å². The molecule has 0 aliphatic carbocycles. The minimum atomic E-state index is -1.89. The van der Waals surface area contributed by atoms with Crippen LogP contribution in [0.3, 0.4) is 0 Å². The van der Waals surface area contributed by atoms with E-state index in [0.717, 1.165) is 0 Å². The molecule has 0 heterocycles.